The second-order valence-electron chi connectivity index (χ2n) is 11.5. The lowest BCUT2D eigenvalue weighted by atomic mass is 9.97. The van der Waals surface area contributed by atoms with Crippen LogP contribution < -0.4 is 10.2 Å². The Balaban J connectivity index is 1.36. The number of hydrogen-bond acceptors (Lipinski definition) is 4. The van der Waals surface area contributed by atoms with Gasteiger partial charge in [-0.25, -0.2) is 0 Å². The van der Waals surface area contributed by atoms with Gasteiger partial charge < -0.3 is 19.9 Å². The lowest BCUT2D eigenvalue weighted by Gasteiger charge is -2.29. The summed E-state index contributed by atoms with van der Waals surface area (Å²) < 4.78 is 86.6. The minimum absolute atomic E-state index is 0.0127. The molecular formula is C35H33F6N3O3. The van der Waals surface area contributed by atoms with Gasteiger partial charge in [0, 0.05) is 49.5 Å². The normalized spacial score (nSPS) is 14.6. The Morgan fingerprint density at radius 3 is 2.06 bits per heavy atom. The summed E-state index contributed by atoms with van der Waals surface area (Å²) in [7, 11) is 1.32. The molecule has 1 unspecified atom stereocenters. The van der Waals surface area contributed by atoms with E-state index < -0.39 is 41.0 Å². The number of nitrogens with zero attached hydrogens (tertiary/aromatic N) is 2. The van der Waals surface area contributed by atoms with Crippen molar-refractivity contribution in [2.75, 3.05) is 43.6 Å². The summed E-state index contributed by atoms with van der Waals surface area (Å²) in [6.07, 6.45) is -9.95. The van der Waals surface area contributed by atoms with E-state index >= 15 is 0 Å². The van der Waals surface area contributed by atoms with Crippen LogP contribution in [0, 0.1) is 0 Å². The van der Waals surface area contributed by atoms with Gasteiger partial charge in [-0.1, -0.05) is 42.5 Å². The summed E-state index contributed by atoms with van der Waals surface area (Å²) in [6, 6.07) is 20.6. The minimum atomic E-state index is -5.10. The molecule has 5 rings (SSSR count). The highest BCUT2D eigenvalue weighted by atomic mass is 19.4. The van der Waals surface area contributed by atoms with Crippen molar-refractivity contribution in [1.29, 1.82) is 0 Å². The van der Waals surface area contributed by atoms with Crippen LogP contribution in [0.1, 0.15) is 39.9 Å². The van der Waals surface area contributed by atoms with Crippen molar-refractivity contribution >= 4 is 34.0 Å². The van der Waals surface area contributed by atoms with E-state index in [-0.39, 0.29) is 31.2 Å². The number of ether oxygens (including phenoxy) is 1. The Bertz CT molecular complexity index is 1680. The molecule has 0 spiro atoms. The maximum atomic E-state index is 13.5. The number of morpholine rings is 1. The molecule has 1 aliphatic rings. The smallest absolute Gasteiger partial charge is 0.378 e. The lowest BCUT2D eigenvalue weighted by Crippen LogP contribution is -2.39. The van der Waals surface area contributed by atoms with E-state index in [0.29, 0.717) is 31.0 Å². The number of halogens is 6. The SMILES string of the molecule is CN(C(=O)c1cc(C(F)(F)F)cc(C(F)(F)F)c1)C(CCC(=O)Nc1ccc(N2CCOCC2)cc1)Cc1ccc2ccccc2c1. The van der Waals surface area contributed by atoms with Gasteiger partial charge in [0.1, 0.15) is 0 Å². The van der Waals surface area contributed by atoms with Crippen molar-refractivity contribution in [1.82, 2.24) is 4.90 Å². The van der Waals surface area contributed by atoms with E-state index in [4.69, 9.17) is 4.74 Å². The van der Waals surface area contributed by atoms with Crippen molar-refractivity contribution in [2.45, 2.75) is 37.7 Å². The Morgan fingerprint density at radius 1 is 0.830 bits per heavy atom. The molecule has 248 valence electrons. The Labute approximate surface area is 267 Å². The zero-order valence-corrected chi connectivity index (χ0v) is 25.5. The molecule has 0 aromatic heterocycles. The first-order valence-corrected chi connectivity index (χ1v) is 15.0. The molecule has 47 heavy (non-hydrogen) atoms. The van der Waals surface area contributed by atoms with Gasteiger partial charge in [-0.05, 0) is 71.6 Å². The van der Waals surface area contributed by atoms with Crippen LogP contribution in [0.4, 0.5) is 37.7 Å². The van der Waals surface area contributed by atoms with Gasteiger partial charge in [-0.2, -0.15) is 26.3 Å². The van der Waals surface area contributed by atoms with Gasteiger partial charge in [0.25, 0.3) is 5.91 Å². The van der Waals surface area contributed by atoms with Gasteiger partial charge in [-0.15, -0.1) is 0 Å². The summed E-state index contributed by atoms with van der Waals surface area (Å²) in [5.74, 6) is -1.38. The van der Waals surface area contributed by atoms with Crippen LogP contribution in [0.15, 0.2) is 84.9 Å². The first-order valence-electron chi connectivity index (χ1n) is 15.0. The predicted octanol–water partition coefficient (Wildman–Crippen LogP) is 7.82. The van der Waals surface area contributed by atoms with Crippen LogP contribution in [-0.4, -0.2) is 56.1 Å². The fourth-order valence-electron chi connectivity index (χ4n) is 5.62. The third-order valence-corrected chi connectivity index (χ3v) is 8.22. The maximum Gasteiger partial charge on any atom is 0.416 e. The first-order chi connectivity index (χ1) is 22.3. The number of carbonyl (C=O) groups excluding carboxylic acids is 2. The summed E-state index contributed by atoms with van der Waals surface area (Å²) in [5, 5.41) is 4.72. The Morgan fingerprint density at radius 2 is 1.45 bits per heavy atom. The van der Waals surface area contributed by atoms with E-state index in [2.05, 4.69) is 10.2 Å². The third-order valence-electron chi connectivity index (χ3n) is 8.22. The Kier molecular flexibility index (Phi) is 10.1. The topological polar surface area (TPSA) is 61.9 Å². The number of fused-ring (bicyclic) bond motifs is 1. The molecule has 4 aromatic carbocycles. The van der Waals surface area contributed by atoms with E-state index in [1.165, 1.54) is 7.05 Å². The molecule has 0 saturated carbocycles. The van der Waals surface area contributed by atoms with E-state index in [1.807, 2.05) is 54.6 Å². The zero-order valence-electron chi connectivity index (χ0n) is 25.5. The maximum absolute atomic E-state index is 13.5. The molecular weight excluding hydrogens is 624 g/mol. The second-order valence-corrected chi connectivity index (χ2v) is 11.5. The van der Waals surface area contributed by atoms with Crippen LogP contribution in [0.25, 0.3) is 10.8 Å². The molecule has 4 aromatic rings. The first kappa shape index (κ1) is 33.8. The molecule has 6 nitrogen and oxygen atoms in total. The van der Waals surface area contributed by atoms with E-state index in [0.717, 1.165) is 40.0 Å². The number of carbonyl (C=O) groups is 2. The number of nitrogens with one attached hydrogen (secondary N) is 1. The van der Waals surface area contributed by atoms with Crippen molar-refractivity contribution in [3.8, 4) is 0 Å². The van der Waals surface area contributed by atoms with Gasteiger partial charge in [0.05, 0.1) is 24.3 Å². The minimum Gasteiger partial charge on any atom is -0.378 e. The number of amides is 2. The molecule has 1 fully saturated rings. The fraction of sp³-hybridized carbons (Fsp3) is 0.314. The zero-order chi connectivity index (χ0) is 33.8. The van der Waals surface area contributed by atoms with Crippen molar-refractivity contribution in [3.63, 3.8) is 0 Å². The molecule has 12 heteroatoms. The average molecular weight is 658 g/mol. The summed E-state index contributed by atoms with van der Waals surface area (Å²) in [6.45, 7) is 2.78. The number of alkyl halides is 6. The van der Waals surface area contributed by atoms with Crippen molar-refractivity contribution in [3.05, 3.63) is 107 Å². The van der Waals surface area contributed by atoms with Gasteiger partial charge in [-0.3, -0.25) is 9.59 Å². The molecule has 2 amide bonds. The standard InChI is InChI=1S/C35H33F6N3O3/c1-43(33(46)26-20-27(34(36,37)38)22-28(21-26)35(39,40)41)31(19-23-6-7-24-4-2-3-5-25(24)18-23)12-13-32(45)42-29-8-10-30(11-9-29)44-14-16-47-17-15-44/h2-11,18,20-22,31H,12-17,19H2,1H3,(H,42,45). The largest absolute Gasteiger partial charge is 0.416 e. The van der Waals surface area contributed by atoms with Crippen LogP contribution >= 0.6 is 0 Å². The highest BCUT2D eigenvalue weighted by Gasteiger charge is 2.38. The third kappa shape index (κ3) is 8.62. The van der Waals surface area contributed by atoms with Crippen LogP contribution in [0.5, 0.6) is 0 Å². The van der Waals surface area contributed by atoms with E-state index in [1.54, 1.807) is 12.1 Å². The monoisotopic (exact) mass is 657 g/mol. The van der Waals surface area contributed by atoms with Gasteiger partial charge in [0.15, 0.2) is 0 Å². The number of likely N-dealkylation sites (N-methyl/N-ethyl adjacent to an activating group) is 1. The molecule has 0 radical (unpaired) electrons. The number of anilines is 2. The molecule has 1 heterocycles. The molecule has 1 N–H and O–H groups in total. The molecule has 0 bridgehead atoms. The molecule has 1 saturated heterocycles. The summed E-state index contributed by atoms with van der Waals surface area (Å²) in [4.78, 5) is 29.8. The summed E-state index contributed by atoms with van der Waals surface area (Å²) >= 11 is 0. The second kappa shape index (κ2) is 14.0. The number of rotatable bonds is 9. The molecule has 1 aliphatic heterocycles. The van der Waals surface area contributed by atoms with E-state index in [9.17, 15) is 35.9 Å². The van der Waals surface area contributed by atoms with Crippen LogP contribution in [0.2, 0.25) is 0 Å². The van der Waals surface area contributed by atoms with Gasteiger partial charge in [0.2, 0.25) is 5.91 Å². The summed E-state index contributed by atoms with van der Waals surface area (Å²) in [5.41, 5.74) is -1.56. The highest BCUT2D eigenvalue weighted by Crippen LogP contribution is 2.37. The van der Waals surface area contributed by atoms with Crippen molar-refractivity contribution < 1.29 is 40.7 Å². The van der Waals surface area contributed by atoms with Crippen molar-refractivity contribution in [2.24, 2.45) is 0 Å². The van der Waals surface area contributed by atoms with Gasteiger partial charge >= 0.3 is 12.4 Å². The highest BCUT2D eigenvalue weighted by molar-refractivity contribution is 5.95. The van der Waals surface area contributed by atoms with Crippen LogP contribution in [0.3, 0.4) is 0 Å². The quantitative estimate of drug-likeness (QED) is 0.187. The van der Waals surface area contributed by atoms with Crippen LogP contribution in [-0.2, 0) is 28.3 Å². The molecule has 1 atom stereocenters. The number of hydrogen-bond donors (Lipinski definition) is 1. The lowest BCUT2D eigenvalue weighted by molar-refractivity contribution is -0.143. The molecule has 0 aliphatic carbocycles. The average Bonchev–Trinajstić information content (AvgIpc) is 3.05. The Hall–Kier alpha value is -4.58. The fourth-order valence-corrected chi connectivity index (χ4v) is 5.62. The predicted molar refractivity (Wildman–Crippen MR) is 167 cm³/mol. The number of benzene rings is 4.